The van der Waals surface area contributed by atoms with Gasteiger partial charge in [0.2, 0.25) is 0 Å². The fourth-order valence-corrected chi connectivity index (χ4v) is 0.839. The van der Waals surface area contributed by atoms with Gasteiger partial charge in [0.15, 0.2) is 0 Å². The minimum absolute atomic E-state index is 0.179. The minimum atomic E-state index is 0.179. The summed E-state index contributed by atoms with van der Waals surface area (Å²) in [5.74, 6) is 0.179. The van der Waals surface area contributed by atoms with Gasteiger partial charge in [-0.1, -0.05) is 0 Å². The molecule has 0 aromatic carbocycles. The molecule has 0 aromatic heterocycles. The summed E-state index contributed by atoms with van der Waals surface area (Å²) < 4.78 is 0.779. The van der Waals surface area contributed by atoms with Gasteiger partial charge in [0.1, 0.15) is 0 Å². The van der Waals surface area contributed by atoms with E-state index in [0.29, 0.717) is 0 Å². The molecule has 0 fully saturated rings. The van der Waals surface area contributed by atoms with E-state index < -0.39 is 0 Å². The molecule has 0 aliphatic carbocycles. The van der Waals surface area contributed by atoms with Crippen molar-refractivity contribution >= 4 is 31.0 Å². The molecular formula is C3H4N3NaO2. The van der Waals surface area contributed by atoms with Gasteiger partial charge in [-0.25, -0.2) is 0 Å². The molecule has 5 nitrogen and oxygen atoms in total. The van der Waals surface area contributed by atoms with Gasteiger partial charge in [0, 0.05) is 0 Å². The summed E-state index contributed by atoms with van der Waals surface area (Å²) in [5, 5.41) is 8.08. The molecule has 0 aromatic rings. The van der Waals surface area contributed by atoms with E-state index in [1.54, 1.807) is 0 Å². The van der Waals surface area contributed by atoms with Gasteiger partial charge >= 0.3 is 69.1 Å². The molecule has 1 rings (SSSR count). The van der Waals surface area contributed by atoms with Crippen LogP contribution in [-0.2, 0) is 4.89 Å². The van der Waals surface area contributed by atoms with Crippen LogP contribution in [0.15, 0.2) is 17.1 Å². The monoisotopic (exact) mass is 137 g/mol. The van der Waals surface area contributed by atoms with Crippen LogP contribution in [0.4, 0.5) is 0 Å². The summed E-state index contributed by atoms with van der Waals surface area (Å²) in [6.07, 6.45) is 1.42. The van der Waals surface area contributed by atoms with Crippen LogP contribution in [0.3, 0.4) is 0 Å². The van der Waals surface area contributed by atoms with Crippen molar-refractivity contribution in [2.75, 3.05) is 0 Å². The molecule has 1 heterocycles. The molecule has 0 spiro atoms. The van der Waals surface area contributed by atoms with E-state index in [-0.39, 0.29) is 5.88 Å². The van der Waals surface area contributed by atoms with Gasteiger partial charge < -0.3 is 0 Å². The molecular weight excluding hydrogens is 133 g/mol. The normalized spacial score (nSPS) is 16.8. The molecule has 9 heavy (non-hydrogen) atoms. The molecule has 0 atom stereocenters. The summed E-state index contributed by atoms with van der Waals surface area (Å²) >= 11 is 0.788. The molecule has 3 N–H and O–H groups in total. The molecule has 1 aliphatic heterocycles. The Morgan fingerprint density at radius 3 is 3.00 bits per heavy atom. The van der Waals surface area contributed by atoms with Crippen molar-refractivity contribution in [3.8, 4) is 0 Å². The first kappa shape index (κ1) is 6.88. The van der Waals surface area contributed by atoms with E-state index in [9.17, 15) is 0 Å². The molecule has 6 heteroatoms. The van der Waals surface area contributed by atoms with Crippen LogP contribution in [0.25, 0.3) is 0 Å². The first-order valence-corrected chi connectivity index (χ1v) is 3.41. The third-order valence-electron chi connectivity index (χ3n) is 0.820. The Kier molecular flexibility index (Phi) is 2.35. The van der Waals surface area contributed by atoms with Crippen LogP contribution in [0.2, 0.25) is 0 Å². The Morgan fingerprint density at radius 2 is 2.56 bits per heavy atom. The Balaban J connectivity index is 2.63. The average Bonchev–Trinajstić information content (AvgIpc) is 1.88. The molecule has 0 amide bonds. The van der Waals surface area contributed by atoms with Crippen molar-refractivity contribution < 1.29 is 10.1 Å². The Bertz CT molecular complexity index is 166. The molecule has 0 unspecified atom stereocenters. The predicted octanol–water partition coefficient (Wildman–Crippen LogP) is -1.09. The maximum atomic E-state index is 8.08. The first-order chi connectivity index (χ1) is 4.33. The average molecular weight is 137 g/mol. The number of hydrogen-bond donors (Lipinski definition) is 3. The molecule has 1 aliphatic rings. The van der Waals surface area contributed by atoms with Gasteiger partial charge in [-0.3, -0.25) is 0 Å². The molecule has 0 bridgehead atoms. The fourth-order valence-electron chi connectivity index (χ4n) is 0.475. The van der Waals surface area contributed by atoms with Crippen LogP contribution >= 0.6 is 0 Å². The Hall–Kier alpha value is -0.230. The second kappa shape index (κ2) is 3.07. The standard InChI is InChI=1S/C3H4N3O2.Na/c7-8-3-1-5-6-2-4-3;/h1,5,7H,(H,4,6);. The van der Waals surface area contributed by atoms with Crippen molar-refractivity contribution in [2.45, 2.75) is 0 Å². The quantitative estimate of drug-likeness (QED) is 0.244. The second-order valence-corrected chi connectivity index (χ2v) is 2.49. The van der Waals surface area contributed by atoms with Crippen molar-refractivity contribution in [3.63, 3.8) is 0 Å². The van der Waals surface area contributed by atoms with Gasteiger partial charge in [0.05, 0.1) is 0 Å². The van der Waals surface area contributed by atoms with E-state index in [1.165, 1.54) is 6.20 Å². The summed E-state index contributed by atoms with van der Waals surface area (Å²) in [5.41, 5.74) is 5.38. The van der Waals surface area contributed by atoms with Crippen LogP contribution in [0.5, 0.6) is 0 Å². The summed E-state index contributed by atoms with van der Waals surface area (Å²) in [6.45, 7) is 0. The zero-order valence-electron chi connectivity index (χ0n) is 4.88. The van der Waals surface area contributed by atoms with Crippen LogP contribution in [0.1, 0.15) is 0 Å². The van der Waals surface area contributed by atoms with Gasteiger partial charge in [-0.05, 0) is 0 Å². The number of nitrogens with zero attached hydrogens (tertiary/aromatic N) is 1. The van der Waals surface area contributed by atoms with Crippen LogP contribution in [0, 0.1) is 0 Å². The SMILES string of the molecule is OOC1=CNN[C]([Na])=N1. The first-order valence-electron chi connectivity index (χ1n) is 2.41. The Morgan fingerprint density at radius 1 is 1.78 bits per heavy atom. The fraction of sp³-hybridized carbons (Fsp3) is 0. The van der Waals surface area contributed by atoms with E-state index in [1.807, 2.05) is 0 Å². The number of aliphatic imine (C=N–C) groups is 1. The van der Waals surface area contributed by atoms with E-state index >= 15 is 0 Å². The van der Waals surface area contributed by atoms with E-state index in [0.717, 1.165) is 31.0 Å². The number of nitrogens with one attached hydrogen (secondary N) is 2. The van der Waals surface area contributed by atoms with Gasteiger partial charge in [-0.15, -0.1) is 0 Å². The van der Waals surface area contributed by atoms with Gasteiger partial charge in [0.25, 0.3) is 0 Å². The summed E-state index contributed by atoms with van der Waals surface area (Å²) in [4.78, 5) is 7.65. The molecule has 0 saturated carbocycles. The molecule has 0 radical (unpaired) electrons. The predicted molar refractivity (Wildman–Crippen MR) is 31.3 cm³/mol. The number of amidine groups is 1. The second-order valence-electron chi connectivity index (χ2n) is 1.54. The van der Waals surface area contributed by atoms with Crippen LogP contribution in [-0.4, -0.2) is 36.3 Å². The van der Waals surface area contributed by atoms with Gasteiger partial charge in [-0.2, -0.15) is 0 Å². The zero-order chi connectivity index (χ0) is 6.69. The maximum absolute atomic E-state index is 8.08. The summed E-state index contributed by atoms with van der Waals surface area (Å²) in [7, 11) is 0. The molecule has 44 valence electrons. The third-order valence-corrected chi connectivity index (χ3v) is 1.29. The van der Waals surface area contributed by atoms with Crippen molar-refractivity contribution in [1.82, 2.24) is 10.9 Å². The van der Waals surface area contributed by atoms with E-state index in [4.69, 9.17) is 5.26 Å². The van der Waals surface area contributed by atoms with E-state index in [2.05, 4.69) is 20.7 Å². The number of hydrazine groups is 1. The Labute approximate surface area is 69.1 Å². The van der Waals surface area contributed by atoms with Crippen molar-refractivity contribution in [3.05, 3.63) is 12.1 Å². The number of hydrogen-bond acceptors (Lipinski definition) is 5. The third kappa shape index (κ3) is 1.87. The number of rotatable bonds is 1. The summed E-state index contributed by atoms with van der Waals surface area (Å²) in [6, 6.07) is 0. The van der Waals surface area contributed by atoms with Crippen molar-refractivity contribution in [1.29, 1.82) is 0 Å². The van der Waals surface area contributed by atoms with Crippen molar-refractivity contribution in [2.24, 2.45) is 4.99 Å². The zero-order valence-corrected chi connectivity index (χ0v) is 6.88. The topological polar surface area (TPSA) is 65.9 Å². The van der Waals surface area contributed by atoms with Crippen LogP contribution < -0.4 is 10.9 Å². The molecule has 0 saturated heterocycles.